The van der Waals surface area contributed by atoms with Crippen molar-refractivity contribution in [2.24, 2.45) is 0 Å². The number of aromatic nitrogens is 8. The maximum atomic E-state index is 5.36. The summed E-state index contributed by atoms with van der Waals surface area (Å²) in [6, 6.07) is 63.5. The monoisotopic (exact) mass is 908 g/mol. The molecule has 0 spiro atoms. The average molecular weight is 909 g/mol. The molecule has 4 aliphatic heterocycles. The summed E-state index contributed by atoms with van der Waals surface area (Å²) in [4.78, 5) is 48.5. The highest BCUT2D eigenvalue weighted by atomic mass is 32.2. The second kappa shape index (κ2) is 14.5. The third-order valence-electron chi connectivity index (χ3n) is 13.0. The number of rotatable bonds is 2. The van der Waals surface area contributed by atoms with Crippen LogP contribution in [0.2, 0.25) is 0 Å². The van der Waals surface area contributed by atoms with E-state index in [1.807, 2.05) is 24.3 Å². The van der Waals surface area contributed by atoms with Gasteiger partial charge in [0.2, 0.25) is 0 Å². The number of fused-ring (bicyclic) bond motifs is 24. The second-order valence-electron chi connectivity index (χ2n) is 16.9. The predicted molar refractivity (Wildman–Crippen MR) is 274 cm³/mol. The molecule has 0 fully saturated rings. The Bertz CT molecular complexity index is 3800. The lowest BCUT2D eigenvalue weighted by molar-refractivity contribution is 1.17. The maximum absolute atomic E-state index is 5.36. The molecule has 0 radical (unpaired) electrons. The van der Waals surface area contributed by atoms with Crippen LogP contribution in [0.15, 0.2) is 202 Å². The summed E-state index contributed by atoms with van der Waals surface area (Å²) in [7, 11) is 0. The Hall–Kier alpha value is -8.58. The summed E-state index contributed by atoms with van der Waals surface area (Å²) in [5.74, 6) is 2.20. The standard InChI is InChI=1S/C56H32N10S2/c1-3-15-35-33(13-1)49-57-51(35)61-55-40-30-32(66-43-19-7-11-23-47(43)68-48-24-12-8-20-44(48)66)26-28-38(40)54(64-55)60-50-34-14-2-4-16-36(34)52(58-50)62-56-39-29-31(25-27-37(39)53(59-49)63-56)65-41-17-5-9-21-45(41)67-46-22-10-6-18-42(46)65/h1-30H,(H2,57,58,59,60,61,62,63,64). The highest BCUT2D eigenvalue weighted by Gasteiger charge is 2.30. The Balaban J connectivity index is 0.982. The average Bonchev–Trinajstić information content (AvgIpc) is 4.12. The van der Waals surface area contributed by atoms with Crippen molar-refractivity contribution in [2.45, 2.75) is 19.6 Å². The van der Waals surface area contributed by atoms with Crippen LogP contribution in [0.5, 0.6) is 0 Å². The van der Waals surface area contributed by atoms with Gasteiger partial charge in [-0.1, -0.05) is 121 Å². The van der Waals surface area contributed by atoms with Crippen molar-refractivity contribution in [2.75, 3.05) is 9.80 Å². The highest BCUT2D eigenvalue weighted by Crippen LogP contribution is 2.54. The zero-order valence-corrected chi connectivity index (χ0v) is 37.3. The van der Waals surface area contributed by atoms with Gasteiger partial charge in [-0.2, -0.15) is 0 Å². The normalized spacial score (nSPS) is 13.1. The van der Waals surface area contributed by atoms with Crippen molar-refractivity contribution in [3.63, 3.8) is 0 Å². The van der Waals surface area contributed by atoms with Crippen molar-refractivity contribution >= 4 is 102 Å². The van der Waals surface area contributed by atoms with Crippen LogP contribution in [-0.2, 0) is 0 Å². The van der Waals surface area contributed by atoms with E-state index in [1.165, 1.54) is 19.6 Å². The first-order valence-corrected chi connectivity index (χ1v) is 23.9. The van der Waals surface area contributed by atoms with E-state index in [9.17, 15) is 0 Å². The summed E-state index contributed by atoms with van der Waals surface area (Å²) in [6.07, 6.45) is 0. The van der Waals surface area contributed by atoms with Crippen LogP contribution in [0.3, 0.4) is 0 Å². The SMILES string of the molecule is c1ccc2c(c1)Sc1ccccc1N2c1ccc2c(c1)-c1nc-2nc2[nH]c(nc3nc(nc4[nH]c(n1)c1ccccc41)-c1ccc(N4c5ccccc5Sc5ccccc54)cc1-3)c1ccccc21. The van der Waals surface area contributed by atoms with E-state index < -0.39 is 0 Å². The molecule has 8 bridgehead atoms. The molecule has 11 aromatic rings. The minimum Gasteiger partial charge on any atom is -0.324 e. The van der Waals surface area contributed by atoms with Crippen LogP contribution in [0.4, 0.5) is 34.1 Å². The molecule has 0 atom stereocenters. The van der Waals surface area contributed by atoms with Gasteiger partial charge in [0, 0.05) is 74.8 Å². The maximum Gasteiger partial charge on any atom is 0.164 e. The van der Waals surface area contributed by atoms with Gasteiger partial charge in [0.1, 0.15) is 22.6 Å². The lowest BCUT2D eigenvalue weighted by Gasteiger charge is -2.33. The molecule has 0 aliphatic carbocycles. The molecular formula is C56H32N10S2. The minimum atomic E-state index is 0.547. The van der Waals surface area contributed by atoms with Crippen LogP contribution in [0.1, 0.15) is 0 Å². The topological polar surface area (TPSA) is 115 Å². The second-order valence-corrected chi connectivity index (χ2v) is 19.1. The van der Waals surface area contributed by atoms with Crippen LogP contribution in [0.25, 0.3) is 89.7 Å². The van der Waals surface area contributed by atoms with E-state index in [1.54, 1.807) is 23.5 Å². The van der Waals surface area contributed by atoms with Crippen LogP contribution in [0, 0.1) is 0 Å². The molecule has 0 saturated heterocycles. The van der Waals surface area contributed by atoms with E-state index in [0.717, 1.165) is 77.9 Å². The molecule has 4 aliphatic rings. The number of anilines is 6. The third-order valence-corrected chi connectivity index (χ3v) is 15.3. The Morgan fingerprint density at radius 1 is 0.294 bits per heavy atom. The zero-order chi connectivity index (χ0) is 44.5. The predicted octanol–water partition coefficient (Wildman–Crippen LogP) is 14.7. The van der Waals surface area contributed by atoms with Gasteiger partial charge in [-0.05, 0) is 84.9 Å². The summed E-state index contributed by atoms with van der Waals surface area (Å²) in [5.41, 5.74) is 12.5. The Kier molecular flexibility index (Phi) is 8.00. The van der Waals surface area contributed by atoms with Crippen molar-refractivity contribution in [3.8, 4) is 45.6 Å². The van der Waals surface area contributed by atoms with E-state index in [-0.39, 0.29) is 0 Å². The fraction of sp³-hybridized carbons (Fsp3) is 0. The summed E-state index contributed by atoms with van der Waals surface area (Å²) in [6.45, 7) is 0. The van der Waals surface area contributed by atoms with Gasteiger partial charge in [-0.15, -0.1) is 0 Å². The fourth-order valence-corrected chi connectivity index (χ4v) is 12.0. The molecule has 10 nitrogen and oxygen atoms in total. The van der Waals surface area contributed by atoms with Crippen molar-refractivity contribution in [1.29, 1.82) is 0 Å². The van der Waals surface area contributed by atoms with Gasteiger partial charge in [0.25, 0.3) is 0 Å². The molecular weight excluding hydrogens is 877 g/mol. The molecule has 0 amide bonds. The van der Waals surface area contributed by atoms with E-state index in [4.69, 9.17) is 29.9 Å². The van der Waals surface area contributed by atoms with E-state index in [2.05, 4.69) is 177 Å². The smallest absolute Gasteiger partial charge is 0.164 e. The molecule has 68 heavy (non-hydrogen) atoms. The number of aromatic amines is 2. The molecule has 8 aromatic carbocycles. The quantitative estimate of drug-likeness (QED) is 0.174. The van der Waals surface area contributed by atoms with Gasteiger partial charge in [0.05, 0.1) is 22.7 Å². The first-order valence-electron chi connectivity index (χ1n) is 22.3. The summed E-state index contributed by atoms with van der Waals surface area (Å²) >= 11 is 3.58. The Morgan fingerprint density at radius 3 is 0.926 bits per heavy atom. The number of benzene rings is 8. The van der Waals surface area contributed by atoms with Gasteiger partial charge in [-0.25, -0.2) is 29.9 Å². The third kappa shape index (κ3) is 5.68. The molecule has 318 valence electrons. The first-order chi connectivity index (χ1) is 33.7. The van der Waals surface area contributed by atoms with Gasteiger partial charge in [0.15, 0.2) is 23.3 Å². The number of H-pyrrole nitrogens is 2. The van der Waals surface area contributed by atoms with Gasteiger partial charge >= 0.3 is 0 Å². The number of hydrogen-bond donors (Lipinski definition) is 2. The number of nitrogens with zero attached hydrogens (tertiary/aromatic N) is 8. The first kappa shape index (κ1) is 37.6. The van der Waals surface area contributed by atoms with Crippen LogP contribution in [-0.4, -0.2) is 39.9 Å². The van der Waals surface area contributed by atoms with Crippen molar-refractivity contribution < 1.29 is 0 Å². The lowest BCUT2D eigenvalue weighted by atomic mass is 10.1. The molecule has 2 N–H and O–H groups in total. The summed E-state index contributed by atoms with van der Waals surface area (Å²) < 4.78 is 0. The van der Waals surface area contributed by atoms with E-state index >= 15 is 0 Å². The van der Waals surface area contributed by atoms with Gasteiger partial charge in [-0.3, -0.25) is 0 Å². The molecule has 0 saturated carbocycles. The summed E-state index contributed by atoms with van der Waals surface area (Å²) in [5, 5.41) is 3.67. The molecule has 12 heteroatoms. The highest BCUT2D eigenvalue weighted by molar-refractivity contribution is 8.00. The molecule has 0 unspecified atom stereocenters. The molecule has 7 heterocycles. The van der Waals surface area contributed by atoms with Gasteiger partial charge < -0.3 is 19.8 Å². The molecule has 15 rings (SSSR count). The number of hydrogen-bond acceptors (Lipinski definition) is 10. The number of para-hydroxylation sites is 4. The minimum absolute atomic E-state index is 0.547. The fourth-order valence-electron chi connectivity index (χ4n) is 9.91. The van der Waals surface area contributed by atoms with Crippen molar-refractivity contribution in [1.82, 2.24) is 39.9 Å². The Labute approximate surface area is 396 Å². The molecule has 3 aromatic heterocycles. The zero-order valence-electron chi connectivity index (χ0n) is 35.7. The number of nitrogens with one attached hydrogen (secondary N) is 2. The van der Waals surface area contributed by atoms with E-state index in [0.29, 0.717) is 45.9 Å². The Morgan fingerprint density at radius 2 is 0.588 bits per heavy atom. The lowest BCUT2D eigenvalue weighted by Crippen LogP contribution is -2.14. The van der Waals surface area contributed by atoms with Crippen molar-refractivity contribution in [3.05, 3.63) is 182 Å². The largest absolute Gasteiger partial charge is 0.324 e. The van der Waals surface area contributed by atoms with Crippen LogP contribution >= 0.6 is 23.5 Å². The van der Waals surface area contributed by atoms with Crippen LogP contribution < -0.4 is 9.80 Å².